The Balaban J connectivity index is 2.95. The average Bonchev–Trinajstić information content (AvgIpc) is 2.34. The van der Waals surface area contributed by atoms with Crippen LogP contribution in [0.3, 0.4) is 0 Å². The van der Waals surface area contributed by atoms with Crippen LogP contribution in [0.5, 0.6) is 5.75 Å². The standard InChI is InChI=1S/C13H13NO5/c1-3-8-4-5-9(10(16)6-8)12(17)14-11(7(2)15)13(18)19/h1,4-7,11,15-16H,2H3,(H,14,17)(H,18,19)/t7-,11+/m0/s1. The number of carboxylic acids is 1. The quantitative estimate of drug-likeness (QED) is 0.569. The number of aliphatic hydroxyl groups excluding tert-OH is 1. The molecular weight excluding hydrogens is 250 g/mol. The Bertz CT molecular complexity index is 544. The largest absolute Gasteiger partial charge is 0.507 e. The van der Waals surface area contributed by atoms with Crippen molar-refractivity contribution in [2.24, 2.45) is 0 Å². The molecule has 4 N–H and O–H groups in total. The Morgan fingerprint density at radius 2 is 2.05 bits per heavy atom. The van der Waals surface area contributed by atoms with Crippen molar-refractivity contribution in [3.63, 3.8) is 0 Å². The van der Waals surface area contributed by atoms with Gasteiger partial charge in [-0.15, -0.1) is 6.42 Å². The smallest absolute Gasteiger partial charge is 0.328 e. The van der Waals surface area contributed by atoms with E-state index in [0.29, 0.717) is 5.56 Å². The third-order valence-corrected chi connectivity index (χ3v) is 2.44. The maximum absolute atomic E-state index is 11.8. The van der Waals surface area contributed by atoms with Crippen LogP contribution >= 0.6 is 0 Å². The molecule has 0 fully saturated rings. The molecule has 0 radical (unpaired) electrons. The van der Waals surface area contributed by atoms with E-state index in [1.807, 2.05) is 0 Å². The van der Waals surface area contributed by atoms with E-state index < -0.39 is 24.0 Å². The minimum atomic E-state index is -1.46. The molecular formula is C13H13NO5. The van der Waals surface area contributed by atoms with Gasteiger partial charge in [0.1, 0.15) is 5.75 Å². The van der Waals surface area contributed by atoms with Gasteiger partial charge in [0.25, 0.3) is 5.91 Å². The summed E-state index contributed by atoms with van der Waals surface area (Å²) in [5.74, 6) is -0.256. The molecule has 0 saturated heterocycles. The van der Waals surface area contributed by atoms with Gasteiger partial charge in [-0.1, -0.05) is 5.92 Å². The molecule has 1 rings (SSSR count). The van der Waals surface area contributed by atoms with Crippen molar-refractivity contribution in [1.29, 1.82) is 0 Å². The molecule has 1 aromatic carbocycles. The first-order chi connectivity index (χ1) is 8.86. The van der Waals surface area contributed by atoms with E-state index in [-0.39, 0.29) is 11.3 Å². The molecule has 19 heavy (non-hydrogen) atoms. The number of aromatic hydroxyl groups is 1. The fourth-order valence-electron chi connectivity index (χ4n) is 1.42. The minimum Gasteiger partial charge on any atom is -0.507 e. The molecule has 0 aliphatic heterocycles. The van der Waals surface area contributed by atoms with Crippen molar-refractivity contribution in [1.82, 2.24) is 5.32 Å². The van der Waals surface area contributed by atoms with Crippen molar-refractivity contribution >= 4 is 11.9 Å². The number of nitrogens with one attached hydrogen (secondary N) is 1. The maximum Gasteiger partial charge on any atom is 0.328 e. The average molecular weight is 263 g/mol. The molecule has 1 aromatic rings. The Morgan fingerprint density at radius 1 is 1.42 bits per heavy atom. The SMILES string of the molecule is C#Cc1ccc(C(=O)N[C@@H](C(=O)O)[C@H](C)O)c(O)c1. The molecule has 0 heterocycles. The van der Waals surface area contributed by atoms with Crippen molar-refractivity contribution < 1.29 is 24.9 Å². The summed E-state index contributed by atoms with van der Waals surface area (Å²) in [6.45, 7) is 1.24. The predicted molar refractivity (Wildman–Crippen MR) is 66.6 cm³/mol. The summed E-state index contributed by atoms with van der Waals surface area (Å²) in [5, 5.41) is 29.8. The zero-order valence-corrected chi connectivity index (χ0v) is 10.1. The van der Waals surface area contributed by atoms with Gasteiger partial charge >= 0.3 is 5.97 Å². The van der Waals surface area contributed by atoms with E-state index in [1.165, 1.54) is 25.1 Å². The van der Waals surface area contributed by atoms with Crippen LogP contribution in [-0.2, 0) is 4.79 Å². The highest BCUT2D eigenvalue weighted by Crippen LogP contribution is 2.18. The first-order valence-corrected chi connectivity index (χ1v) is 5.38. The summed E-state index contributed by atoms with van der Waals surface area (Å²) < 4.78 is 0. The fraction of sp³-hybridized carbons (Fsp3) is 0.231. The van der Waals surface area contributed by atoms with E-state index in [2.05, 4.69) is 11.2 Å². The number of hydrogen-bond acceptors (Lipinski definition) is 4. The monoisotopic (exact) mass is 263 g/mol. The highest BCUT2D eigenvalue weighted by atomic mass is 16.4. The van der Waals surface area contributed by atoms with E-state index in [4.69, 9.17) is 11.5 Å². The van der Waals surface area contributed by atoms with Crippen LogP contribution in [0.1, 0.15) is 22.8 Å². The van der Waals surface area contributed by atoms with E-state index >= 15 is 0 Å². The van der Waals surface area contributed by atoms with Crippen LogP contribution in [0.4, 0.5) is 0 Å². The van der Waals surface area contributed by atoms with Crippen LogP contribution in [0.25, 0.3) is 0 Å². The van der Waals surface area contributed by atoms with Gasteiger partial charge in [0.05, 0.1) is 11.7 Å². The number of benzene rings is 1. The second kappa shape index (κ2) is 5.89. The number of hydrogen-bond donors (Lipinski definition) is 4. The lowest BCUT2D eigenvalue weighted by molar-refractivity contribution is -0.141. The Labute approximate surface area is 109 Å². The molecule has 0 saturated carbocycles. The Hall–Kier alpha value is -2.52. The number of rotatable bonds is 4. The predicted octanol–water partition coefficient (Wildman–Crippen LogP) is -0.0627. The summed E-state index contributed by atoms with van der Waals surface area (Å²) >= 11 is 0. The first-order valence-electron chi connectivity index (χ1n) is 5.38. The molecule has 0 aromatic heterocycles. The van der Waals surface area contributed by atoms with Crippen LogP contribution in [-0.4, -0.2) is 39.3 Å². The fourth-order valence-corrected chi connectivity index (χ4v) is 1.42. The maximum atomic E-state index is 11.8. The van der Waals surface area contributed by atoms with Crippen LogP contribution in [0.2, 0.25) is 0 Å². The van der Waals surface area contributed by atoms with E-state index in [9.17, 15) is 19.8 Å². The summed E-state index contributed by atoms with van der Waals surface area (Å²) in [4.78, 5) is 22.6. The van der Waals surface area contributed by atoms with Gasteiger partial charge in [0.15, 0.2) is 6.04 Å². The van der Waals surface area contributed by atoms with Crippen LogP contribution < -0.4 is 5.32 Å². The second-order valence-electron chi connectivity index (χ2n) is 3.91. The van der Waals surface area contributed by atoms with Gasteiger partial charge < -0.3 is 20.6 Å². The number of aliphatic hydroxyl groups is 1. The van der Waals surface area contributed by atoms with Gasteiger partial charge in [-0.3, -0.25) is 4.79 Å². The number of carbonyl (C=O) groups is 2. The lowest BCUT2D eigenvalue weighted by Gasteiger charge is -2.17. The molecule has 0 unspecified atom stereocenters. The number of terminal acetylenes is 1. The second-order valence-corrected chi connectivity index (χ2v) is 3.91. The van der Waals surface area contributed by atoms with Gasteiger partial charge in [-0.25, -0.2) is 4.79 Å². The molecule has 0 aliphatic rings. The highest BCUT2D eigenvalue weighted by molar-refractivity contribution is 5.99. The molecule has 0 aliphatic carbocycles. The van der Waals surface area contributed by atoms with Crippen LogP contribution in [0, 0.1) is 12.3 Å². The Morgan fingerprint density at radius 3 is 2.47 bits per heavy atom. The molecule has 100 valence electrons. The normalized spacial score (nSPS) is 13.1. The zero-order valence-electron chi connectivity index (χ0n) is 10.1. The molecule has 0 bridgehead atoms. The first kappa shape index (κ1) is 14.5. The van der Waals surface area contributed by atoms with E-state index in [0.717, 1.165) is 0 Å². The summed E-state index contributed by atoms with van der Waals surface area (Å²) in [7, 11) is 0. The van der Waals surface area contributed by atoms with Gasteiger partial charge in [0.2, 0.25) is 0 Å². The molecule has 6 nitrogen and oxygen atoms in total. The van der Waals surface area contributed by atoms with Crippen molar-refractivity contribution in [2.75, 3.05) is 0 Å². The summed E-state index contributed by atoms with van der Waals surface area (Å²) in [6, 6.07) is 2.47. The minimum absolute atomic E-state index is 0.120. The van der Waals surface area contributed by atoms with Crippen molar-refractivity contribution in [2.45, 2.75) is 19.1 Å². The highest BCUT2D eigenvalue weighted by Gasteiger charge is 2.26. The lowest BCUT2D eigenvalue weighted by Crippen LogP contribution is -2.47. The lowest BCUT2D eigenvalue weighted by atomic mass is 10.1. The van der Waals surface area contributed by atoms with Gasteiger partial charge in [-0.2, -0.15) is 0 Å². The summed E-state index contributed by atoms with van der Waals surface area (Å²) in [6.07, 6.45) is 3.86. The third kappa shape index (κ3) is 3.47. The summed E-state index contributed by atoms with van der Waals surface area (Å²) in [5.41, 5.74) is 0.269. The van der Waals surface area contributed by atoms with Gasteiger partial charge in [0, 0.05) is 5.56 Å². The number of amides is 1. The third-order valence-electron chi connectivity index (χ3n) is 2.44. The molecule has 1 amide bonds. The number of carbonyl (C=O) groups excluding carboxylic acids is 1. The number of aliphatic carboxylic acids is 1. The van der Waals surface area contributed by atoms with Crippen molar-refractivity contribution in [3.05, 3.63) is 29.3 Å². The Kier molecular flexibility index (Phi) is 4.51. The zero-order chi connectivity index (χ0) is 14.6. The van der Waals surface area contributed by atoms with Crippen molar-refractivity contribution in [3.8, 4) is 18.1 Å². The molecule has 0 spiro atoms. The van der Waals surface area contributed by atoms with Gasteiger partial charge in [-0.05, 0) is 25.1 Å². The number of carboxylic acid groups (broad SMARTS) is 1. The number of phenolic OH excluding ortho intramolecular Hbond substituents is 1. The number of phenols is 1. The van der Waals surface area contributed by atoms with E-state index in [1.54, 1.807) is 0 Å². The molecule has 6 heteroatoms. The topological polar surface area (TPSA) is 107 Å². The molecule has 2 atom stereocenters. The van der Waals surface area contributed by atoms with Crippen LogP contribution in [0.15, 0.2) is 18.2 Å².